The maximum atomic E-state index is 12.1. The molecule has 4 aromatic carbocycles. The molecular formula is C56H44CoN4O4S4. The van der Waals surface area contributed by atoms with E-state index in [9.17, 15) is 19.2 Å². The molecule has 0 atom stereocenters. The Hall–Kier alpha value is -5.93. The van der Waals surface area contributed by atoms with Gasteiger partial charge in [-0.2, -0.15) is 0 Å². The molecule has 0 spiro atoms. The molecule has 1 radical (unpaired) electrons. The Morgan fingerprint density at radius 1 is 0.377 bits per heavy atom. The molecule has 69 heavy (non-hydrogen) atoms. The minimum atomic E-state index is 0. The summed E-state index contributed by atoms with van der Waals surface area (Å²) in [7, 11) is 0. The third-order valence-corrected chi connectivity index (χ3v) is 14.8. The van der Waals surface area contributed by atoms with Gasteiger partial charge in [0.05, 0.1) is 22.8 Å². The summed E-state index contributed by atoms with van der Waals surface area (Å²) < 4.78 is 0. The van der Waals surface area contributed by atoms with E-state index < -0.39 is 0 Å². The van der Waals surface area contributed by atoms with Crippen LogP contribution in [0.1, 0.15) is 72.7 Å². The first-order valence-electron chi connectivity index (χ1n) is 21.9. The maximum Gasteiger partial charge on any atom is 2.00 e. The molecule has 3 aromatic heterocycles. The Bertz CT molecular complexity index is 2970. The SMILES string of the molecule is CC(=O)SCc1cccc(-c2c3nc(c(-c4cccc(CSC(C)=O)c4)c4ccc([n-]4)c(-c4cccc(CSC(C)=O)c4)c4nc(c(-c5cccc(CSC(C)=O)c5)c5ccc2[n-]5)C=C4)C=C3)c1.[Co+2]. The van der Waals surface area contributed by atoms with Gasteiger partial charge in [0.1, 0.15) is 0 Å². The number of nitrogens with zero attached hydrogens (tertiary/aromatic N) is 4. The average Bonchev–Trinajstić information content (AvgIpc) is 4.18. The number of hydrogen-bond donors (Lipinski definition) is 0. The predicted octanol–water partition coefficient (Wildman–Crippen LogP) is 13.7. The van der Waals surface area contributed by atoms with E-state index in [4.69, 9.17) is 19.9 Å². The van der Waals surface area contributed by atoms with Crippen LogP contribution in [-0.4, -0.2) is 30.4 Å². The van der Waals surface area contributed by atoms with Gasteiger partial charge in [-0.25, -0.2) is 9.97 Å². The van der Waals surface area contributed by atoms with E-state index in [2.05, 4.69) is 48.5 Å². The molecule has 0 saturated carbocycles. The summed E-state index contributed by atoms with van der Waals surface area (Å²) in [5, 5.41) is 0.193. The number of benzene rings is 4. The van der Waals surface area contributed by atoms with Crippen molar-refractivity contribution in [1.82, 2.24) is 19.9 Å². The predicted molar refractivity (Wildman–Crippen MR) is 286 cm³/mol. The molecule has 0 fully saturated rings. The van der Waals surface area contributed by atoms with E-state index in [1.807, 2.05) is 97.1 Å². The molecule has 345 valence electrons. The van der Waals surface area contributed by atoms with Crippen LogP contribution in [0.3, 0.4) is 0 Å². The molecule has 9 rings (SSSR count). The van der Waals surface area contributed by atoms with Crippen molar-refractivity contribution in [1.29, 1.82) is 0 Å². The standard InChI is InChI=1S/C56H44N4O4S4.Co/c1-33(61)65-29-37-9-5-13-41(25-37)53-45-17-19-47(57-45)54(42-14-6-10-38(26-42)30-66-34(2)62)49-21-23-51(59-49)56(44-16-8-12-40(28-44)32-68-36(4)64)52-24-22-50(60-52)55(48-20-18-46(53)58-48)43-15-7-11-39(27-43)31-67-35(3)63;/h5-28H,29-32H2,1-4H3;/q-2;+2. The third-order valence-electron chi connectivity index (χ3n) is 11.2. The van der Waals surface area contributed by atoms with Crippen LogP contribution in [0.2, 0.25) is 0 Å². The van der Waals surface area contributed by atoms with Gasteiger partial charge in [0.15, 0.2) is 20.5 Å². The van der Waals surface area contributed by atoms with Gasteiger partial charge in [-0.3, -0.25) is 19.2 Å². The van der Waals surface area contributed by atoms with Gasteiger partial charge < -0.3 is 9.97 Å². The Labute approximate surface area is 428 Å². The van der Waals surface area contributed by atoms with Gasteiger partial charge in [-0.05, 0) is 91.1 Å². The quantitative estimate of drug-likeness (QED) is 0.116. The number of carbonyl (C=O) groups excluding carboxylic acids is 4. The van der Waals surface area contributed by atoms with E-state index in [-0.39, 0.29) is 37.2 Å². The van der Waals surface area contributed by atoms with E-state index in [0.29, 0.717) is 67.9 Å². The normalized spacial score (nSPS) is 11.7. The molecule has 0 N–H and O–H groups in total. The monoisotopic (exact) mass is 1020 g/mol. The number of rotatable bonds is 12. The van der Waals surface area contributed by atoms with Crippen molar-refractivity contribution < 1.29 is 36.0 Å². The van der Waals surface area contributed by atoms with Gasteiger partial charge in [-0.1, -0.05) is 168 Å². The van der Waals surface area contributed by atoms with E-state index in [1.54, 1.807) is 27.7 Å². The molecule has 2 aliphatic rings. The van der Waals surface area contributed by atoms with Crippen molar-refractivity contribution in [3.8, 4) is 44.5 Å². The molecule has 0 aliphatic carbocycles. The third kappa shape index (κ3) is 11.7. The first kappa shape index (κ1) is 49.5. The molecule has 7 aromatic rings. The van der Waals surface area contributed by atoms with E-state index >= 15 is 0 Å². The van der Waals surface area contributed by atoms with Gasteiger partial charge in [0.2, 0.25) is 0 Å². The van der Waals surface area contributed by atoms with Crippen LogP contribution < -0.4 is 9.97 Å². The summed E-state index contributed by atoms with van der Waals surface area (Å²) in [6.07, 6.45) is 8.11. The summed E-state index contributed by atoms with van der Waals surface area (Å²) in [6, 6.07) is 40.9. The van der Waals surface area contributed by atoms with Crippen molar-refractivity contribution in [3.05, 3.63) is 166 Å². The first-order chi connectivity index (χ1) is 32.9. The molecule has 5 heterocycles. The molecule has 13 heteroatoms. The zero-order chi connectivity index (χ0) is 47.3. The topological polar surface area (TPSA) is 122 Å². The Morgan fingerprint density at radius 3 is 0.826 bits per heavy atom. The minimum absolute atomic E-state index is 0. The second-order valence-corrected chi connectivity index (χ2v) is 20.9. The number of hydrogen-bond acceptors (Lipinski definition) is 10. The first-order valence-corrected chi connectivity index (χ1v) is 25.9. The number of fused-ring (bicyclic) bond motifs is 8. The van der Waals surface area contributed by atoms with E-state index in [0.717, 1.165) is 66.8 Å². The Morgan fingerprint density at radius 2 is 0.609 bits per heavy atom. The molecule has 0 unspecified atom stereocenters. The molecular weight excluding hydrogens is 980 g/mol. The largest absolute Gasteiger partial charge is 2.00 e. The fourth-order valence-corrected chi connectivity index (χ4v) is 10.5. The number of carbonyl (C=O) groups is 4. The van der Waals surface area contributed by atoms with Crippen LogP contribution in [0.15, 0.2) is 121 Å². The summed E-state index contributed by atoms with van der Waals surface area (Å²) in [4.78, 5) is 70.0. The molecule has 0 amide bonds. The number of thioether (sulfide) groups is 4. The molecule has 8 bridgehead atoms. The van der Waals surface area contributed by atoms with Crippen LogP contribution in [0.5, 0.6) is 0 Å². The minimum Gasteiger partial charge on any atom is -0.657 e. The maximum absolute atomic E-state index is 12.1. The second kappa shape index (κ2) is 22.2. The molecule has 0 saturated heterocycles. The van der Waals surface area contributed by atoms with Crippen molar-refractivity contribution >= 4 is 114 Å². The van der Waals surface area contributed by atoms with Crippen LogP contribution >= 0.6 is 47.0 Å². The van der Waals surface area contributed by atoms with Crippen LogP contribution in [0, 0.1) is 0 Å². The molecule has 2 aliphatic heterocycles. The van der Waals surface area contributed by atoms with Gasteiger partial charge in [0.25, 0.3) is 0 Å². The zero-order valence-electron chi connectivity index (χ0n) is 38.1. The van der Waals surface area contributed by atoms with Crippen molar-refractivity contribution in [2.45, 2.75) is 50.7 Å². The van der Waals surface area contributed by atoms with Crippen LogP contribution in [0.4, 0.5) is 0 Å². The van der Waals surface area contributed by atoms with Crippen LogP contribution in [-0.2, 0) is 59.0 Å². The van der Waals surface area contributed by atoms with Crippen molar-refractivity contribution in [3.63, 3.8) is 0 Å². The van der Waals surface area contributed by atoms with Gasteiger partial charge >= 0.3 is 16.8 Å². The fraction of sp³-hybridized carbons (Fsp3) is 0.143. The summed E-state index contributed by atoms with van der Waals surface area (Å²) in [6.45, 7) is 6.32. The number of aromatic nitrogens is 4. The molecule has 8 nitrogen and oxygen atoms in total. The van der Waals surface area contributed by atoms with Gasteiger partial charge in [-0.15, -0.1) is 22.1 Å². The smallest absolute Gasteiger partial charge is 0.657 e. The second-order valence-electron chi connectivity index (χ2n) is 16.3. The Kier molecular flexibility index (Phi) is 15.9. The summed E-state index contributed by atoms with van der Waals surface area (Å²) >= 11 is 5.08. The summed E-state index contributed by atoms with van der Waals surface area (Å²) in [5.41, 5.74) is 16.6. The summed E-state index contributed by atoms with van der Waals surface area (Å²) in [5.74, 6) is 2.11. The van der Waals surface area contributed by atoms with E-state index in [1.165, 1.54) is 47.0 Å². The average molecular weight is 1020 g/mol. The zero-order valence-corrected chi connectivity index (χ0v) is 42.4. The van der Waals surface area contributed by atoms with Crippen LogP contribution in [0.25, 0.3) is 90.9 Å². The van der Waals surface area contributed by atoms with Crippen molar-refractivity contribution in [2.75, 3.05) is 0 Å². The van der Waals surface area contributed by atoms with Gasteiger partial charge in [0, 0.05) is 50.7 Å². The van der Waals surface area contributed by atoms with Crippen molar-refractivity contribution in [2.24, 2.45) is 0 Å². The fourth-order valence-electron chi connectivity index (χ4n) is 8.28. The Balaban J connectivity index is 0.00000642.